The number of nitrogens with zero attached hydrogens (tertiary/aromatic N) is 1. The van der Waals surface area contributed by atoms with Crippen molar-refractivity contribution in [2.75, 3.05) is 12.5 Å². The predicted molar refractivity (Wildman–Crippen MR) is 85.9 cm³/mol. The van der Waals surface area contributed by atoms with Gasteiger partial charge in [-0.05, 0) is 37.5 Å². The largest absolute Gasteiger partial charge is 0.378 e. The molecule has 1 aromatic carbocycles. The molecule has 6 nitrogen and oxygen atoms in total. The van der Waals surface area contributed by atoms with Crippen LogP contribution in [0.5, 0.6) is 0 Å². The summed E-state index contributed by atoms with van der Waals surface area (Å²) in [6.45, 7) is 2.14. The van der Waals surface area contributed by atoms with Gasteiger partial charge < -0.3 is 9.67 Å². The van der Waals surface area contributed by atoms with E-state index in [9.17, 15) is 13.2 Å². The maximum absolute atomic E-state index is 12.4. The van der Waals surface area contributed by atoms with Crippen molar-refractivity contribution in [3.63, 3.8) is 0 Å². The van der Waals surface area contributed by atoms with E-state index in [0.29, 0.717) is 12.1 Å². The van der Waals surface area contributed by atoms with Crippen molar-refractivity contribution >= 4 is 26.8 Å². The molecular weight excluding hydrogens is 318 g/mol. The topological polar surface area (TPSA) is 85.6 Å². The summed E-state index contributed by atoms with van der Waals surface area (Å²) in [5.41, 5.74) is 3.75. The van der Waals surface area contributed by atoms with Gasteiger partial charge >= 0.3 is 0 Å². The Labute approximate surface area is 134 Å². The second-order valence-electron chi connectivity index (χ2n) is 5.78. The maximum Gasteiger partial charge on any atom is 0.291 e. The lowest BCUT2D eigenvalue weighted by molar-refractivity contribution is 0.0962. The van der Waals surface area contributed by atoms with Crippen LogP contribution in [0.15, 0.2) is 18.2 Å². The van der Waals surface area contributed by atoms with Crippen molar-refractivity contribution in [3.05, 3.63) is 35.0 Å². The highest BCUT2D eigenvalue weighted by molar-refractivity contribution is 7.86. The quantitative estimate of drug-likeness (QED) is 0.840. The molecule has 1 aliphatic carbocycles. The van der Waals surface area contributed by atoms with Gasteiger partial charge in [0.2, 0.25) is 0 Å². The summed E-state index contributed by atoms with van der Waals surface area (Å²) < 4.78 is 29.1. The summed E-state index contributed by atoms with van der Waals surface area (Å²) in [7, 11) is -3.91. The van der Waals surface area contributed by atoms with Crippen molar-refractivity contribution in [3.8, 4) is 0 Å². The number of carbonyl (C=O) groups excluding carboxylic acids is 1. The van der Waals surface area contributed by atoms with Crippen LogP contribution < -0.4 is 0 Å². The van der Waals surface area contributed by atoms with E-state index in [4.69, 9.17) is 9.29 Å². The second kappa shape index (κ2) is 6.07. The monoisotopic (exact) mass is 337 g/mol. The number of hydrogen-bond acceptors (Lipinski definition) is 5. The van der Waals surface area contributed by atoms with E-state index in [0.717, 1.165) is 34.9 Å². The molecule has 1 aliphatic rings. The summed E-state index contributed by atoms with van der Waals surface area (Å²) in [5.74, 6) is -0.958. The van der Waals surface area contributed by atoms with Gasteiger partial charge in [0.05, 0.1) is 12.3 Å². The van der Waals surface area contributed by atoms with Gasteiger partial charge in [0.15, 0.2) is 11.7 Å². The molecule has 0 saturated heterocycles. The molecule has 0 unspecified atom stereocenters. The molecule has 0 saturated carbocycles. The third-order valence-corrected chi connectivity index (χ3v) is 5.00. The number of fused-ring (bicyclic) bond motifs is 3. The van der Waals surface area contributed by atoms with Gasteiger partial charge in [-0.25, -0.2) is 0 Å². The normalized spacial score (nSPS) is 15.1. The van der Waals surface area contributed by atoms with E-state index in [2.05, 4.69) is 6.07 Å². The van der Waals surface area contributed by atoms with E-state index in [1.54, 1.807) is 0 Å². The molecule has 0 spiro atoms. The van der Waals surface area contributed by atoms with Crippen molar-refractivity contribution in [1.82, 2.24) is 4.57 Å². The Balaban J connectivity index is 2.02. The average molecular weight is 337 g/mol. The van der Waals surface area contributed by atoms with Crippen LogP contribution >= 0.6 is 0 Å². The minimum atomic E-state index is -3.91. The number of Topliss-reactive ketones (excluding diaryl/α,β-unsaturated/α-hetero) is 1. The average Bonchev–Trinajstić information content (AvgIpc) is 2.82. The standard InChI is InChI=1S/C16H19NO5S/c1-11-5-6-14-13(9-11)12-3-2-4-15(19)16(12)17(14)7-8-22-23(20,21)10-18/h5-6,9,18H,2-4,7-8,10H2,1H3. The zero-order valence-corrected chi connectivity index (χ0v) is 13.7. The fourth-order valence-electron chi connectivity index (χ4n) is 3.18. The van der Waals surface area contributed by atoms with Crippen LogP contribution in [0.3, 0.4) is 0 Å². The van der Waals surface area contributed by atoms with Gasteiger partial charge in [0.25, 0.3) is 10.1 Å². The van der Waals surface area contributed by atoms with E-state index >= 15 is 0 Å². The van der Waals surface area contributed by atoms with E-state index < -0.39 is 16.1 Å². The molecule has 0 atom stereocenters. The van der Waals surface area contributed by atoms with Crippen LogP contribution in [0.1, 0.15) is 34.5 Å². The van der Waals surface area contributed by atoms with Crippen molar-refractivity contribution in [2.45, 2.75) is 32.7 Å². The lowest BCUT2D eigenvalue weighted by Gasteiger charge is -2.14. The Bertz CT molecular complexity index is 866. The molecular formula is C16H19NO5S. The molecule has 1 aromatic heterocycles. The summed E-state index contributed by atoms with van der Waals surface area (Å²) in [5, 5.41) is 9.77. The first-order chi connectivity index (χ1) is 10.9. The number of aryl methyl sites for hydroxylation is 2. The molecule has 1 heterocycles. The van der Waals surface area contributed by atoms with E-state index in [-0.39, 0.29) is 18.9 Å². The van der Waals surface area contributed by atoms with Gasteiger partial charge in [0, 0.05) is 23.9 Å². The van der Waals surface area contributed by atoms with Gasteiger partial charge in [-0.3, -0.25) is 8.98 Å². The van der Waals surface area contributed by atoms with E-state index in [1.165, 1.54) is 0 Å². The molecule has 1 N–H and O–H groups in total. The molecule has 3 rings (SSSR count). The van der Waals surface area contributed by atoms with E-state index in [1.807, 2.05) is 23.6 Å². The van der Waals surface area contributed by atoms with Crippen LogP contribution in [-0.4, -0.2) is 36.4 Å². The third kappa shape index (κ3) is 3.04. The number of aliphatic hydroxyl groups excluding tert-OH is 1. The first-order valence-electron chi connectivity index (χ1n) is 7.56. The number of hydrogen-bond donors (Lipinski definition) is 1. The zero-order valence-electron chi connectivity index (χ0n) is 12.9. The molecule has 0 amide bonds. The minimum Gasteiger partial charge on any atom is -0.378 e. The van der Waals surface area contributed by atoms with Crippen LogP contribution in [0.25, 0.3) is 10.9 Å². The summed E-state index contributed by atoms with van der Waals surface area (Å²) in [6.07, 6.45) is 2.20. The van der Waals surface area contributed by atoms with Gasteiger partial charge in [0.1, 0.15) is 0 Å². The Morgan fingerprint density at radius 1 is 1.30 bits per heavy atom. The highest BCUT2D eigenvalue weighted by Crippen LogP contribution is 2.32. The SMILES string of the molecule is Cc1ccc2c(c1)c1c(n2CCOS(=O)(=O)CO)C(=O)CCC1. The number of benzene rings is 1. The Hall–Kier alpha value is -1.70. The van der Waals surface area contributed by atoms with Gasteiger partial charge in [-0.2, -0.15) is 8.42 Å². The summed E-state index contributed by atoms with van der Waals surface area (Å²) in [6, 6.07) is 5.99. The first kappa shape index (κ1) is 16.2. The van der Waals surface area contributed by atoms with Crippen LogP contribution in [0.4, 0.5) is 0 Å². The Morgan fingerprint density at radius 2 is 2.09 bits per heavy atom. The van der Waals surface area contributed by atoms with Gasteiger partial charge in [-0.1, -0.05) is 11.6 Å². The van der Waals surface area contributed by atoms with Crippen molar-refractivity contribution < 1.29 is 22.5 Å². The number of carbonyl (C=O) groups is 1. The first-order valence-corrected chi connectivity index (χ1v) is 9.13. The number of rotatable bonds is 5. The Morgan fingerprint density at radius 3 is 2.83 bits per heavy atom. The lowest BCUT2D eigenvalue weighted by atomic mass is 9.94. The third-order valence-electron chi connectivity index (χ3n) is 4.15. The molecule has 2 aromatic rings. The van der Waals surface area contributed by atoms with Crippen LogP contribution in [0, 0.1) is 6.92 Å². The summed E-state index contributed by atoms with van der Waals surface area (Å²) >= 11 is 0. The molecule has 124 valence electrons. The molecule has 0 radical (unpaired) electrons. The van der Waals surface area contributed by atoms with Crippen LogP contribution in [-0.2, 0) is 27.3 Å². The zero-order chi connectivity index (χ0) is 16.6. The highest BCUT2D eigenvalue weighted by Gasteiger charge is 2.26. The molecule has 0 fully saturated rings. The summed E-state index contributed by atoms with van der Waals surface area (Å²) in [4.78, 5) is 12.4. The second-order valence-corrected chi connectivity index (χ2v) is 7.39. The highest BCUT2D eigenvalue weighted by atomic mass is 32.2. The maximum atomic E-state index is 12.4. The van der Waals surface area contributed by atoms with Gasteiger partial charge in [-0.15, -0.1) is 0 Å². The fourth-order valence-corrected chi connectivity index (χ4v) is 3.58. The molecule has 0 aliphatic heterocycles. The predicted octanol–water partition coefficient (Wildman–Crippen LogP) is 1.76. The van der Waals surface area contributed by atoms with Crippen molar-refractivity contribution in [2.24, 2.45) is 0 Å². The molecule has 23 heavy (non-hydrogen) atoms. The smallest absolute Gasteiger partial charge is 0.291 e. The Kier molecular flexibility index (Phi) is 4.27. The number of aromatic nitrogens is 1. The number of aliphatic hydroxyl groups is 1. The number of ketones is 1. The molecule has 0 bridgehead atoms. The van der Waals surface area contributed by atoms with Crippen LogP contribution in [0.2, 0.25) is 0 Å². The fraction of sp³-hybridized carbons (Fsp3) is 0.438. The molecule has 7 heteroatoms. The lowest BCUT2D eigenvalue weighted by Crippen LogP contribution is -2.19. The van der Waals surface area contributed by atoms with Crippen molar-refractivity contribution in [1.29, 1.82) is 0 Å². The minimum absolute atomic E-state index is 0.0881.